The molecule has 0 aliphatic carbocycles. The van der Waals surface area contributed by atoms with E-state index in [2.05, 4.69) is 24.1 Å². The summed E-state index contributed by atoms with van der Waals surface area (Å²) in [6.07, 6.45) is 2.62. The third kappa shape index (κ3) is 3.80. The van der Waals surface area contributed by atoms with E-state index in [0.29, 0.717) is 12.0 Å². The maximum absolute atomic E-state index is 13.8. The van der Waals surface area contributed by atoms with E-state index in [-0.39, 0.29) is 11.9 Å². The zero-order valence-electron chi connectivity index (χ0n) is 12.9. The predicted molar refractivity (Wildman–Crippen MR) is 82.3 cm³/mol. The topological polar surface area (TPSA) is 15.3 Å². The van der Waals surface area contributed by atoms with Gasteiger partial charge in [-0.3, -0.25) is 4.90 Å². The average Bonchev–Trinajstić information content (AvgIpc) is 2.92. The van der Waals surface area contributed by atoms with Crippen LogP contribution in [0, 0.1) is 11.7 Å². The Hall–Kier alpha value is -0.930. The fraction of sp³-hybridized carbons (Fsp3) is 0.647. The predicted octanol–water partition coefficient (Wildman–Crippen LogP) is 3.60. The fourth-order valence-electron chi connectivity index (χ4n) is 3.09. The van der Waals surface area contributed by atoms with Gasteiger partial charge in [-0.25, -0.2) is 4.39 Å². The molecule has 1 aliphatic heterocycles. The Bertz CT molecular complexity index is 413. The van der Waals surface area contributed by atoms with Gasteiger partial charge < -0.3 is 5.32 Å². The molecule has 2 rings (SSSR count). The molecule has 0 radical (unpaired) electrons. The van der Waals surface area contributed by atoms with E-state index in [0.717, 1.165) is 12.1 Å². The van der Waals surface area contributed by atoms with Gasteiger partial charge in [0.15, 0.2) is 0 Å². The highest BCUT2D eigenvalue weighted by Gasteiger charge is 2.25. The molecule has 2 atom stereocenters. The molecule has 0 amide bonds. The van der Waals surface area contributed by atoms with Crippen molar-refractivity contribution in [3.8, 4) is 0 Å². The molecule has 3 heteroatoms. The van der Waals surface area contributed by atoms with Gasteiger partial charge in [-0.15, -0.1) is 0 Å². The number of nitrogens with zero attached hydrogens (tertiary/aromatic N) is 1. The smallest absolute Gasteiger partial charge is 0.127 e. The van der Waals surface area contributed by atoms with E-state index >= 15 is 0 Å². The minimum absolute atomic E-state index is 0.0556. The first-order valence-electron chi connectivity index (χ1n) is 7.81. The van der Waals surface area contributed by atoms with Gasteiger partial charge in [-0.1, -0.05) is 32.0 Å². The van der Waals surface area contributed by atoms with Crippen molar-refractivity contribution in [3.63, 3.8) is 0 Å². The maximum Gasteiger partial charge on any atom is 0.127 e. The molecule has 1 aliphatic rings. The second-order valence-corrected chi connectivity index (χ2v) is 6.21. The molecule has 0 spiro atoms. The molecule has 1 aromatic carbocycles. The molecule has 112 valence electrons. The Kier molecular flexibility index (Phi) is 5.55. The minimum atomic E-state index is -0.116. The molecule has 2 nitrogen and oxygen atoms in total. The monoisotopic (exact) mass is 278 g/mol. The Labute approximate surface area is 122 Å². The van der Waals surface area contributed by atoms with Crippen LogP contribution in [-0.2, 0) is 0 Å². The molecule has 0 bridgehead atoms. The van der Waals surface area contributed by atoms with Crippen molar-refractivity contribution in [2.45, 2.75) is 45.7 Å². The van der Waals surface area contributed by atoms with Crippen molar-refractivity contribution >= 4 is 0 Å². The standard InChI is InChI=1S/C17H27FN2/c1-13(2)17(20-10-6-7-11-20)12-19-14(3)15-8-4-5-9-16(15)18/h4-5,8-9,13-14,17,19H,6-7,10-12H2,1-3H3. The van der Waals surface area contributed by atoms with Crippen molar-refractivity contribution in [3.05, 3.63) is 35.6 Å². The lowest BCUT2D eigenvalue weighted by Gasteiger charge is -2.32. The number of rotatable bonds is 6. The van der Waals surface area contributed by atoms with Crippen molar-refractivity contribution in [1.29, 1.82) is 0 Å². The van der Waals surface area contributed by atoms with Crippen LogP contribution in [0.3, 0.4) is 0 Å². The second-order valence-electron chi connectivity index (χ2n) is 6.21. The molecular weight excluding hydrogens is 251 g/mol. The Morgan fingerprint density at radius 1 is 1.15 bits per heavy atom. The van der Waals surface area contributed by atoms with Crippen LogP contribution in [0.2, 0.25) is 0 Å². The summed E-state index contributed by atoms with van der Waals surface area (Å²) >= 11 is 0. The molecule has 0 saturated carbocycles. The summed E-state index contributed by atoms with van der Waals surface area (Å²) in [5.74, 6) is 0.503. The highest BCUT2D eigenvalue weighted by atomic mass is 19.1. The number of hydrogen-bond acceptors (Lipinski definition) is 2. The van der Waals surface area contributed by atoms with Gasteiger partial charge in [0, 0.05) is 24.2 Å². The third-order valence-electron chi connectivity index (χ3n) is 4.38. The number of hydrogen-bond donors (Lipinski definition) is 1. The zero-order valence-corrected chi connectivity index (χ0v) is 12.9. The molecule has 1 saturated heterocycles. The van der Waals surface area contributed by atoms with Crippen LogP contribution in [0.5, 0.6) is 0 Å². The van der Waals surface area contributed by atoms with Gasteiger partial charge in [0.05, 0.1) is 0 Å². The van der Waals surface area contributed by atoms with E-state index < -0.39 is 0 Å². The van der Waals surface area contributed by atoms with Gasteiger partial charge in [0.2, 0.25) is 0 Å². The Morgan fingerprint density at radius 2 is 1.80 bits per heavy atom. The van der Waals surface area contributed by atoms with E-state index in [4.69, 9.17) is 0 Å². The highest BCUT2D eigenvalue weighted by molar-refractivity contribution is 5.20. The summed E-state index contributed by atoms with van der Waals surface area (Å²) in [4.78, 5) is 2.58. The van der Waals surface area contributed by atoms with Gasteiger partial charge in [0.25, 0.3) is 0 Å². The lowest BCUT2D eigenvalue weighted by molar-refractivity contribution is 0.182. The molecular formula is C17H27FN2. The quantitative estimate of drug-likeness (QED) is 0.855. The molecule has 1 aromatic rings. The molecule has 2 unspecified atom stereocenters. The summed E-state index contributed by atoms with van der Waals surface area (Å²) in [6, 6.07) is 7.65. The minimum Gasteiger partial charge on any atom is -0.309 e. The van der Waals surface area contributed by atoms with Gasteiger partial charge in [0.1, 0.15) is 5.82 Å². The summed E-state index contributed by atoms with van der Waals surface area (Å²) in [5.41, 5.74) is 0.761. The number of benzene rings is 1. The number of nitrogens with one attached hydrogen (secondary N) is 1. The largest absolute Gasteiger partial charge is 0.309 e. The van der Waals surface area contributed by atoms with Gasteiger partial charge in [-0.05, 0) is 44.8 Å². The maximum atomic E-state index is 13.8. The van der Waals surface area contributed by atoms with Gasteiger partial charge >= 0.3 is 0 Å². The van der Waals surface area contributed by atoms with Crippen molar-refractivity contribution < 1.29 is 4.39 Å². The first kappa shape index (κ1) is 15.5. The Morgan fingerprint density at radius 3 is 2.40 bits per heavy atom. The summed E-state index contributed by atoms with van der Waals surface area (Å²) in [7, 11) is 0. The fourth-order valence-corrected chi connectivity index (χ4v) is 3.09. The van der Waals surface area contributed by atoms with Crippen LogP contribution in [0.25, 0.3) is 0 Å². The molecule has 1 fully saturated rings. The molecule has 1 heterocycles. The lowest BCUT2D eigenvalue weighted by Crippen LogP contribution is -2.44. The van der Waals surface area contributed by atoms with E-state index in [1.165, 1.54) is 32.0 Å². The number of halogens is 1. The molecule has 20 heavy (non-hydrogen) atoms. The molecule has 0 aromatic heterocycles. The van der Waals surface area contributed by atoms with Crippen molar-refractivity contribution in [2.75, 3.05) is 19.6 Å². The Balaban J connectivity index is 1.93. The van der Waals surface area contributed by atoms with Crippen molar-refractivity contribution in [1.82, 2.24) is 10.2 Å². The van der Waals surface area contributed by atoms with Crippen LogP contribution >= 0.6 is 0 Å². The summed E-state index contributed by atoms with van der Waals surface area (Å²) in [5, 5.41) is 3.52. The van der Waals surface area contributed by atoms with E-state index in [1.807, 2.05) is 19.1 Å². The summed E-state index contributed by atoms with van der Waals surface area (Å²) in [6.45, 7) is 9.93. The lowest BCUT2D eigenvalue weighted by atomic mass is 10.0. The van der Waals surface area contributed by atoms with Crippen LogP contribution < -0.4 is 5.32 Å². The van der Waals surface area contributed by atoms with Crippen molar-refractivity contribution in [2.24, 2.45) is 5.92 Å². The van der Waals surface area contributed by atoms with E-state index in [9.17, 15) is 4.39 Å². The zero-order chi connectivity index (χ0) is 14.5. The summed E-state index contributed by atoms with van der Waals surface area (Å²) < 4.78 is 13.8. The van der Waals surface area contributed by atoms with Crippen LogP contribution in [0.1, 0.15) is 45.2 Å². The van der Waals surface area contributed by atoms with Crippen LogP contribution in [0.15, 0.2) is 24.3 Å². The van der Waals surface area contributed by atoms with Gasteiger partial charge in [-0.2, -0.15) is 0 Å². The SMILES string of the molecule is CC(NCC(C(C)C)N1CCCC1)c1ccccc1F. The number of likely N-dealkylation sites (tertiary alicyclic amines) is 1. The van der Waals surface area contributed by atoms with Crippen LogP contribution in [-0.4, -0.2) is 30.6 Å². The molecule has 1 N–H and O–H groups in total. The first-order chi connectivity index (χ1) is 9.59. The van der Waals surface area contributed by atoms with Crippen LogP contribution in [0.4, 0.5) is 4.39 Å². The first-order valence-corrected chi connectivity index (χ1v) is 7.81. The van der Waals surface area contributed by atoms with E-state index in [1.54, 1.807) is 6.07 Å². The highest BCUT2D eigenvalue weighted by Crippen LogP contribution is 2.20. The second kappa shape index (κ2) is 7.19. The normalized spacial score (nSPS) is 19.4. The third-order valence-corrected chi connectivity index (χ3v) is 4.38. The average molecular weight is 278 g/mol.